The quantitative estimate of drug-likeness (QED) is 0.854. The van der Waals surface area contributed by atoms with Crippen molar-refractivity contribution in [2.75, 3.05) is 6.54 Å². The van der Waals surface area contributed by atoms with Gasteiger partial charge in [-0.2, -0.15) is 0 Å². The molecule has 0 aliphatic carbocycles. The molecule has 0 aliphatic rings. The number of fused-ring (bicyclic) bond motifs is 1. The number of primary sulfonamides is 1. The van der Waals surface area contributed by atoms with Crippen LogP contribution in [0.5, 0.6) is 0 Å². The molecule has 0 spiro atoms. The summed E-state index contributed by atoms with van der Waals surface area (Å²) in [5.41, 5.74) is 8.58. The Bertz CT molecular complexity index is 689. The molecule has 104 valence electrons. The van der Waals surface area contributed by atoms with Crippen molar-refractivity contribution >= 4 is 20.9 Å². The maximum absolute atomic E-state index is 11.2. The number of aryl methyl sites for hydroxylation is 1. The third kappa shape index (κ3) is 3.15. The van der Waals surface area contributed by atoms with E-state index in [-0.39, 0.29) is 5.75 Å². The van der Waals surface area contributed by atoms with Crippen molar-refractivity contribution in [2.45, 2.75) is 25.6 Å². The third-order valence-electron chi connectivity index (χ3n) is 3.15. The second kappa shape index (κ2) is 5.32. The molecule has 4 N–H and O–H groups in total. The van der Waals surface area contributed by atoms with Crippen LogP contribution in [-0.4, -0.2) is 19.5 Å². The predicted molar refractivity (Wildman–Crippen MR) is 77.2 cm³/mol. The summed E-state index contributed by atoms with van der Waals surface area (Å²) in [6.07, 6.45) is 2.86. The molecule has 0 atom stereocenters. The molecule has 0 fully saturated rings. The third-order valence-corrected chi connectivity index (χ3v) is 3.89. The number of nitrogens with two attached hydrogens (primary N) is 2. The molecule has 0 aliphatic heterocycles. The molecule has 1 heterocycles. The number of hydrogen-bond donors (Lipinski definition) is 2. The van der Waals surface area contributed by atoms with Crippen molar-refractivity contribution < 1.29 is 8.42 Å². The predicted octanol–water partition coefficient (Wildman–Crippen LogP) is 0.951. The summed E-state index contributed by atoms with van der Waals surface area (Å²) in [6, 6.07) is 5.65. The van der Waals surface area contributed by atoms with E-state index < -0.39 is 10.0 Å². The summed E-state index contributed by atoms with van der Waals surface area (Å²) < 4.78 is 24.5. The first-order chi connectivity index (χ1) is 8.94. The minimum Gasteiger partial charge on any atom is -0.347 e. The minimum atomic E-state index is -3.50. The van der Waals surface area contributed by atoms with Crippen molar-refractivity contribution in [3.63, 3.8) is 0 Å². The Hall–Kier alpha value is -1.37. The van der Waals surface area contributed by atoms with Gasteiger partial charge in [0.05, 0.1) is 5.75 Å². The fourth-order valence-corrected chi connectivity index (χ4v) is 3.00. The lowest BCUT2D eigenvalue weighted by molar-refractivity contribution is 0.597. The molecule has 0 saturated carbocycles. The molecule has 0 radical (unpaired) electrons. The molecular formula is C13H19N3O2S. The van der Waals surface area contributed by atoms with Crippen LogP contribution in [0.25, 0.3) is 10.9 Å². The van der Waals surface area contributed by atoms with Crippen LogP contribution in [0, 0.1) is 0 Å². The zero-order valence-corrected chi connectivity index (χ0v) is 11.8. The van der Waals surface area contributed by atoms with Gasteiger partial charge in [-0.3, -0.25) is 0 Å². The number of sulfonamides is 1. The summed E-state index contributed by atoms with van der Waals surface area (Å²) in [5, 5.41) is 6.15. The van der Waals surface area contributed by atoms with Crippen LogP contribution in [0.15, 0.2) is 24.4 Å². The van der Waals surface area contributed by atoms with Crippen molar-refractivity contribution in [2.24, 2.45) is 10.9 Å². The molecule has 6 heteroatoms. The molecule has 1 aromatic heterocycles. The summed E-state index contributed by atoms with van der Waals surface area (Å²) in [4.78, 5) is 0. The first-order valence-corrected chi connectivity index (χ1v) is 7.97. The van der Waals surface area contributed by atoms with Gasteiger partial charge >= 0.3 is 0 Å². The number of rotatable bonds is 5. The van der Waals surface area contributed by atoms with Gasteiger partial charge in [0.1, 0.15) is 0 Å². The Morgan fingerprint density at radius 2 is 2.05 bits per heavy atom. The maximum Gasteiger partial charge on any atom is 0.213 e. The van der Waals surface area contributed by atoms with E-state index in [9.17, 15) is 8.42 Å². The fraction of sp³-hybridized carbons (Fsp3) is 0.385. The van der Waals surface area contributed by atoms with E-state index in [0.717, 1.165) is 29.4 Å². The number of benzene rings is 1. The van der Waals surface area contributed by atoms with E-state index in [1.807, 2.05) is 18.2 Å². The van der Waals surface area contributed by atoms with Gasteiger partial charge in [0.15, 0.2) is 0 Å². The van der Waals surface area contributed by atoms with Crippen LogP contribution in [0.4, 0.5) is 0 Å². The van der Waals surface area contributed by atoms with Crippen molar-refractivity contribution in [1.29, 1.82) is 0 Å². The van der Waals surface area contributed by atoms with E-state index >= 15 is 0 Å². The average molecular weight is 281 g/mol. The molecule has 0 bridgehead atoms. The highest BCUT2D eigenvalue weighted by Crippen LogP contribution is 2.24. The molecule has 2 rings (SSSR count). The normalized spacial score (nSPS) is 12.2. The highest BCUT2D eigenvalue weighted by molar-refractivity contribution is 7.88. The second-order valence-electron chi connectivity index (χ2n) is 4.64. The molecule has 0 unspecified atom stereocenters. The highest BCUT2D eigenvalue weighted by Gasteiger charge is 2.10. The lowest BCUT2D eigenvalue weighted by atomic mass is 10.1. The Morgan fingerprint density at radius 3 is 2.63 bits per heavy atom. The summed E-state index contributed by atoms with van der Waals surface area (Å²) >= 11 is 0. The first-order valence-electron chi connectivity index (χ1n) is 6.25. The Labute approximate surface area is 113 Å². The number of nitrogens with zero attached hydrogens (tertiary/aromatic N) is 1. The van der Waals surface area contributed by atoms with Crippen LogP contribution in [0.2, 0.25) is 0 Å². The molecule has 0 amide bonds. The van der Waals surface area contributed by atoms with Gasteiger partial charge < -0.3 is 10.3 Å². The fourth-order valence-electron chi connectivity index (χ4n) is 2.36. The van der Waals surface area contributed by atoms with Gasteiger partial charge in [-0.1, -0.05) is 6.07 Å². The zero-order valence-electron chi connectivity index (χ0n) is 11.0. The van der Waals surface area contributed by atoms with Crippen molar-refractivity contribution in [3.05, 3.63) is 35.5 Å². The van der Waals surface area contributed by atoms with E-state index in [0.29, 0.717) is 12.1 Å². The Morgan fingerprint density at radius 1 is 1.32 bits per heavy atom. The molecule has 1 aromatic carbocycles. The Balaban J connectivity index is 2.53. The van der Waals surface area contributed by atoms with Gasteiger partial charge in [-0.05, 0) is 43.1 Å². The van der Waals surface area contributed by atoms with Crippen LogP contribution in [-0.2, 0) is 28.7 Å². The van der Waals surface area contributed by atoms with Gasteiger partial charge in [0, 0.05) is 23.6 Å². The minimum absolute atomic E-state index is 0.137. The van der Waals surface area contributed by atoms with Gasteiger partial charge in [0.2, 0.25) is 10.0 Å². The Kier molecular flexibility index (Phi) is 3.93. The smallest absolute Gasteiger partial charge is 0.213 e. The summed E-state index contributed by atoms with van der Waals surface area (Å²) in [7, 11) is -3.50. The van der Waals surface area contributed by atoms with Crippen molar-refractivity contribution in [1.82, 2.24) is 4.57 Å². The van der Waals surface area contributed by atoms with Gasteiger partial charge in [-0.25, -0.2) is 13.6 Å². The lowest BCUT2D eigenvalue weighted by Gasteiger charge is -2.03. The van der Waals surface area contributed by atoms with Crippen LogP contribution in [0.1, 0.15) is 18.1 Å². The number of aromatic nitrogens is 1. The van der Waals surface area contributed by atoms with Crippen LogP contribution in [0.3, 0.4) is 0 Å². The molecule has 19 heavy (non-hydrogen) atoms. The zero-order chi connectivity index (χ0) is 14.0. The van der Waals surface area contributed by atoms with Gasteiger partial charge in [0.25, 0.3) is 0 Å². The van der Waals surface area contributed by atoms with Crippen molar-refractivity contribution in [3.8, 4) is 0 Å². The topological polar surface area (TPSA) is 91.1 Å². The highest BCUT2D eigenvalue weighted by atomic mass is 32.2. The molecule has 5 nitrogen and oxygen atoms in total. The standard InChI is InChI=1S/C13H19N3O2S/c1-2-16-8-11(5-6-14)12-7-10(3-4-13(12)16)9-19(15,17)18/h3-4,7-8H,2,5-6,9,14H2,1H3,(H2,15,17,18). The van der Waals surface area contributed by atoms with Crippen LogP contribution >= 0.6 is 0 Å². The average Bonchev–Trinajstić information content (AvgIpc) is 2.66. The monoisotopic (exact) mass is 281 g/mol. The lowest BCUT2D eigenvalue weighted by Crippen LogP contribution is -2.14. The maximum atomic E-state index is 11.2. The van der Waals surface area contributed by atoms with E-state index in [2.05, 4.69) is 17.7 Å². The van der Waals surface area contributed by atoms with E-state index in [4.69, 9.17) is 10.9 Å². The summed E-state index contributed by atoms with van der Waals surface area (Å²) in [5.74, 6) is -0.137. The molecule has 2 aromatic rings. The van der Waals surface area contributed by atoms with E-state index in [1.165, 1.54) is 0 Å². The molecular weight excluding hydrogens is 262 g/mol. The van der Waals surface area contributed by atoms with Gasteiger partial charge in [-0.15, -0.1) is 0 Å². The SMILES string of the molecule is CCn1cc(CCN)c2cc(CS(N)(=O)=O)ccc21. The molecule has 0 saturated heterocycles. The number of hydrogen-bond acceptors (Lipinski definition) is 3. The first kappa shape index (κ1) is 14.0. The van der Waals surface area contributed by atoms with E-state index in [1.54, 1.807) is 0 Å². The largest absolute Gasteiger partial charge is 0.347 e. The van der Waals surface area contributed by atoms with Crippen LogP contribution < -0.4 is 10.9 Å². The summed E-state index contributed by atoms with van der Waals surface area (Å²) in [6.45, 7) is 3.52. The second-order valence-corrected chi connectivity index (χ2v) is 6.25.